The summed E-state index contributed by atoms with van der Waals surface area (Å²) in [6.45, 7) is 0.612. The molecular weight excluding hydrogens is 340 g/mol. The molecule has 4 rings (SSSR count). The number of benzene rings is 1. The first-order valence-electron chi connectivity index (χ1n) is 8.74. The molecular formula is C21H18N4O2. The van der Waals surface area contributed by atoms with Crippen LogP contribution in [0.25, 0.3) is 0 Å². The molecule has 1 fully saturated rings. The summed E-state index contributed by atoms with van der Waals surface area (Å²) in [5.41, 5.74) is 2.20. The third kappa shape index (κ3) is 3.69. The number of anilines is 2. The van der Waals surface area contributed by atoms with Gasteiger partial charge >= 0.3 is 0 Å². The van der Waals surface area contributed by atoms with E-state index in [0.29, 0.717) is 24.5 Å². The van der Waals surface area contributed by atoms with Crippen molar-refractivity contribution in [1.29, 1.82) is 0 Å². The van der Waals surface area contributed by atoms with Crippen molar-refractivity contribution < 1.29 is 9.59 Å². The summed E-state index contributed by atoms with van der Waals surface area (Å²) >= 11 is 0. The van der Waals surface area contributed by atoms with Crippen molar-refractivity contribution in [2.24, 2.45) is 0 Å². The standard InChI is InChI=1S/C21H18N4O2/c26-20-12-16(15-6-2-1-3-7-15)14-25(20)17-9-11-23-19(13-17)24-21(27)18-8-4-5-10-22-18/h1-11,13,16H,12,14H2,(H,23,24,27)/t16-/m0/s1. The Bertz CT molecular complexity index is 960. The van der Waals surface area contributed by atoms with E-state index < -0.39 is 0 Å². The molecule has 1 atom stereocenters. The summed E-state index contributed by atoms with van der Waals surface area (Å²) in [5, 5.41) is 2.73. The van der Waals surface area contributed by atoms with Crippen molar-refractivity contribution in [3.8, 4) is 0 Å². The van der Waals surface area contributed by atoms with Gasteiger partial charge in [-0.05, 0) is 23.8 Å². The van der Waals surface area contributed by atoms with Gasteiger partial charge in [0.15, 0.2) is 0 Å². The van der Waals surface area contributed by atoms with Gasteiger partial charge in [-0.1, -0.05) is 36.4 Å². The smallest absolute Gasteiger partial charge is 0.275 e. The van der Waals surface area contributed by atoms with Gasteiger partial charge in [0.25, 0.3) is 5.91 Å². The first-order valence-corrected chi connectivity index (χ1v) is 8.74. The van der Waals surface area contributed by atoms with E-state index in [1.54, 1.807) is 47.6 Å². The number of hydrogen-bond acceptors (Lipinski definition) is 4. The topological polar surface area (TPSA) is 75.2 Å². The molecule has 2 aromatic heterocycles. The Morgan fingerprint density at radius 3 is 2.59 bits per heavy atom. The molecule has 0 unspecified atom stereocenters. The van der Waals surface area contributed by atoms with Gasteiger partial charge in [-0.3, -0.25) is 14.6 Å². The second-order valence-corrected chi connectivity index (χ2v) is 6.38. The van der Waals surface area contributed by atoms with E-state index in [0.717, 1.165) is 11.3 Å². The molecule has 1 N–H and O–H groups in total. The molecule has 1 saturated heterocycles. The summed E-state index contributed by atoms with van der Waals surface area (Å²) in [4.78, 5) is 34.7. The molecule has 27 heavy (non-hydrogen) atoms. The minimum absolute atomic E-state index is 0.0667. The Morgan fingerprint density at radius 1 is 1.00 bits per heavy atom. The van der Waals surface area contributed by atoms with Crippen molar-refractivity contribution in [3.63, 3.8) is 0 Å². The second kappa shape index (κ2) is 7.37. The van der Waals surface area contributed by atoms with Crippen LogP contribution in [0.2, 0.25) is 0 Å². The largest absolute Gasteiger partial charge is 0.312 e. The van der Waals surface area contributed by atoms with E-state index in [1.165, 1.54) is 0 Å². The van der Waals surface area contributed by atoms with E-state index >= 15 is 0 Å². The lowest BCUT2D eigenvalue weighted by Crippen LogP contribution is -2.24. The predicted octanol–water partition coefficient (Wildman–Crippen LogP) is 3.25. The number of carbonyl (C=O) groups is 2. The fourth-order valence-electron chi connectivity index (χ4n) is 3.24. The van der Waals surface area contributed by atoms with Crippen molar-refractivity contribution in [2.75, 3.05) is 16.8 Å². The maximum atomic E-state index is 12.5. The SMILES string of the molecule is O=C(Nc1cc(N2C[C@@H](c3ccccc3)CC2=O)ccn1)c1ccccn1. The van der Waals surface area contributed by atoms with Crippen LogP contribution in [-0.4, -0.2) is 28.3 Å². The monoisotopic (exact) mass is 358 g/mol. The highest BCUT2D eigenvalue weighted by Crippen LogP contribution is 2.32. The van der Waals surface area contributed by atoms with Gasteiger partial charge in [0, 0.05) is 43.0 Å². The molecule has 1 aliphatic rings. The summed E-state index contributed by atoms with van der Waals surface area (Å²) in [6.07, 6.45) is 3.62. The third-order valence-electron chi connectivity index (χ3n) is 4.59. The van der Waals surface area contributed by atoms with E-state index in [-0.39, 0.29) is 17.7 Å². The third-order valence-corrected chi connectivity index (χ3v) is 4.59. The van der Waals surface area contributed by atoms with Crippen molar-refractivity contribution >= 4 is 23.3 Å². The number of carbonyl (C=O) groups excluding carboxylic acids is 2. The van der Waals surface area contributed by atoms with Crippen LogP contribution < -0.4 is 10.2 Å². The molecule has 0 aliphatic carbocycles. The Morgan fingerprint density at radius 2 is 1.81 bits per heavy atom. The lowest BCUT2D eigenvalue weighted by Gasteiger charge is -2.17. The number of nitrogens with zero attached hydrogens (tertiary/aromatic N) is 3. The summed E-state index contributed by atoms with van der Waals surface area (Å²) < 4.78 is 0. The van der Waals surface area contributed by atoms with Gasteiger partial charge in [0.1, 0.15) is 11.5 Å². The highest BCUT2D eigenvalue weighted by Gasteiger charge is 2.31. The maximum Gasteiger partial charge on any atom is 0.275 e. The van der Waals surface area contributed by atoms with Gasteiger partial charge in [-0.2, -0.15) is 0 Å². The summed E-state index contributed by atoms with van der Waals surface area (Å²) in [6, 6.07) is 18.7. The maximum absolute atomic E-state index is 12.5. The van der Waals surface area contributed by atoms with Crippen molar-refractivity contribution in [2.45, 2.75) is 12.3 Å². The zero-order chi connectivity index (χ0) is 18.6. The molecule has 1 aliphatic heterocycles. The predicted molar refractivity (Wildman–Crippen MR) is 103 cm³/mol. The zero-order valence-corrected chi connectivity index (χ0v) is 14.6. The molecule has 3 aromatic rings. The Hall–Kier alpha value is -3.54. The van der Waals surface area contributed by atoms with Gasteiger partial charge in [0.05, 0.1) is 0 Å². The van der Waals surface area contributed by atoms with Crippen LogP contribution in [0, 0.1) is 0 Å². The molecule has 6 heteroatoms. The van der Waals surface area contributed by atoms with Crippen LogP contribution in [0.1, 0.15) is 28.4 Å². The zero-order valence-electron chi connectivity index (χ0n) is 14.6. The van der Waals surface area contributed by atoms with Gasteiger partial charge in [-0.25, -0.2) is 4.98 Å². The molecule has 0 radical (unpaired) electrons. The van der Waals surface area contributed by atoms with Crippen LogP contribution in [0.3, 0.4) is 0 Å². The molecule has 3 heterocycles. The van der Waals surface area contributed by atoms with Crippen molar-refractivity contribution in [3.05, 3.63) is 84.3 Å². The number of pyridine rings is 2. The van der Waals surface area contributed by atoms with Crippen LogP contribution in [-0.2, 0) is 4.79 Å². The van der Waals surface area contributed by atoms with Crippen LogP contribution in [0.4, 0.5) is 11.5 Å². The highest BCUT2D eigenvalue weighted by atomic mass is 16.2. The van der Waals surface area contributed by atoms with Crippen LogP contribution >= 0.6 is 0 Å². The summed E-state index contributed by atoms with van der Waals surface area (Å²) in [7, 11) is 0. The van der Waals surface area contributed by atoms with E-state index in [1.807, 2.05) is 30.3 Å². The molecule has 1 aromatic carbocycles. The minimum atomic E-state index is -0.338. The highest BCUT2D eigenvalue weighted by molar-refractivity contribution is 6.03. The first kappa shape index (κ1) is 16.9. The van der Waals surface area contributed by atoms with Gasteiger partial charge < -0.3 is 10.2 Å². The average molecular weight is 358 g/mol. The Labute approximate surface area is 156 Å². The lowest BCUT2D eigenvalue weighted by atomic mass is 9.99. The first-order chi connectivity index (χ1) is 13.2. The number of aromatic nitrogens is 2. The summed E-state index contributed by atoms with van der Waals surface area (Å²) in [5.74, 6) is 0.282. The fourth-order valence-corrected chi connectivity index (χ4v) is 3.24. The Balaban J connectivity index is 1.51. The number of nitrogens with one attached hydrogen (secondary N) is 1. The van der Waals surface area contributed by atoms with Gasteiger partial charge in [0.2, 0.25) is 5.91 Å². The van der Waals surface area contributed by atoms with Gasteiger partial charge in [-0.15, -0.1) is 0 Å². The van der Waals surface area contributed by atoms with E-state index in [9.17, 15) is 9.59 Å². The quantitative estimate of drug-likeness (QED) is 0.777. The molecule has 2 amide bonds. The van der Waals surface area contributed by atoms with E-state index in [4.69, 9.17) is 0 Å². The minimum Gasteiger partial charge on any atom is -0.312 e. The molecule has 0 spiro atoms. The second-order valence-electron chi connectivity index (χ2n) is 6.38. The average Bonchev–Trinajstić information content (AvgIpc) is 3.11. The number of amides is 2. The molecule has 0 saturated carbocycles. The fraction of sp³-hybridized carbons (Fsp3) is 0.143. The van der Waals surface area contributed by atoms with E-state index in [2.05, 4.69) is 15.3 Å². The van der Waals surface area contributed by atoms with Crippen molar-refractivity contribution in [1.82, 2.24) is 9.97 Å². The lowest BCUT2D eigenvalue weighted by molar-refractivity contribution is -0.117. The molecule has 0 bridgehead atoms. The number of hydrogen-bond donors (Lipinski definition) is 1. The normalized spacial score (nSPS) is 16.4. The van der Waals surface area contributed by atoms with Crippen LogP contribution in [0.15, 0.2) is 73.1 Å². The van der Waals surface area contributed by atoms with Crippen LogP contribution in [0.5, 0.6) is 0 Å². The molecule has 6 nitrogen and oxygen atoms in total. The number of rotatable bonds is 4. The Kier molecular flexibility index (Phi) is 4.61. The molecule has 134 valence electrons.